The zero-order chi connectivity index (χ0) is 13.7. The van der Waals surface area contributed by atoms with Gasteiger partial charge in [-0.05, 0) is 41.9 Å². The molecule has 0 aliphatic carbocycles. The predicted octanol–water partition coefficient (Wildman–Crippen LogP) is 5.22. The van der Waals surface area contributed by atoms with Gasteiger partial charge in [-0.1, -0.05) is 18.2 Å². The number of ether oxygens (including phenoxy) is 1. The summed E-state index contributed by atoms with van der Waals surface area (Å²) in [6, 6.07) is 10.8. The molecular weight excluding hydrogens is 322 g/mol. The lowest BCUT2D eigenvalue weighted by Crippen LogP contribution is -2.07. The molecule has 0 saturated carbocycles. The maximum Gasteiger partial charge on any atom is 0.0736 e. The minimum atomic E-state index is 0.291. The van der Waals surface area contributed by atoms with Gasteiger partial charge in [0.1, 0.15) is 0 Å². The standard InChI is InChI=1S/C15H18BrNOS/c1-3-18-9-12-6-4-5-7-14(12)17-11(2)15-8-13(16)10-19-15/h4-8,10-11,17H,3,9H2,1-2H3. The van der Waals surface area contributed by atoms with Gasteiger partial charge in [-0.15, -0.1) is 11.3 Å². The number of para-hydroxylation sites is 1. The highest BCUT2D eigenvalue weighted by Crippen LogP contribution is 2.29. The summed E-state index contributed by atoms with van der Waals surface area (Å²) in [4.78, 5) is 1.32. The number of benzene rings is 1. The molecule has 1 aromatic carbocycles. The van der Waals surface area contributed by atoms with Gasteiger partial charge < -0.3 is 10.1 Å². The SMILES string of the molecule is CCOCc1ccccc1NC(C)c1cc(Br)cs1. The molecule has 1 aromatic heterocycles. The second-order valence-corrected chi connectivity index (χ2v) is 6.19. The van der Waals surface area contributed by atoms with E-state index in [2.05, 4.69) is 57.8 Å². The van der Waals surface area contributed by atoms with Gasteiger partial charge in [0.25, 0.3) is 0 Å². The highest BCUT2D eigenvalue weighted by Gasteiger charge is 2.10. The van der Waals surface area contributed by atoms with Crippen LogP contribution in [0.1, 0.15) is 30.3 Å². The van der Waals surface area contributed by atoms with Gasteiger partial charge in [0.15, 0.2) is 0 Å². The molecule has 0 saturated heterocycles. The molecule has 102 valence electrons. The van der Waals surface area contributed by atoms with Crippen LogP contribution in [0.5, 0.6) is 0 Å². The van der Waals surface area contributed by atoms with Crippen LogP contribution < -0.4 is 5.32 Å². The zero-order valence-corrected chi connectivity index (χ0v) is 13.6. The number of rotatable bonds is 6. The van der Waals surface area contributed by atoms with E-state index in [0.717, 1.165) is 16.8 Å². The summed E-state index contributed by atoms with van der Waals surface area (Å²) in [5.41, 5.74) is 2.35. The second kappa shape index (κ2) is 7.08. The molecule has 1 atom stereocenters. The Hall–Kier alpha value is -0.840. The Balaban J connectivity index is 2.09. The molecule has 2 nitrogen and oxygen atoms in total. The fourth-order valence-electron chi connectivity index (χ4n) is 1.86. The Kier molecular flexibility index (Phi) is 5.43. The van der Waals surface area contributed by atoms with Gasteiger partial charge in [0.05, 0.1) is 12.6 Å². The van der Waals surface area contributed by atoms with Gasteiger partial charge in [-0.25, -0.2) is 0 Å². The molecule has 1 N–H and O–H groups in total. The summed E-state index contributed by atoms with van der Waals surface area (Å²) >= 11 is 5.26. The number of hydrogen-bond acceptors (Lipinski definition) is 3. The van der Waals surface area contributed by atoms with Crippen LogP contribution in [0.2, 0.25) is 0 Å². The third kappa shape index (κ3) is 4.06. The molecule has 1 unspecified atom stereocenters. The molecule has 0 amide bonds. The fraction of sp³-hybridized carbons (Fsp3) is 0.333. The van der Waals surface area contributed by atoms with E-state index in [0.29, 0.717) is 12.6 Å². The number of halogens is 1. The van der Waals surface area contributed by atoms with E-state index in [9.17, 15) is 0 Å². The number of thiophene rings is 1. The van der Waals surface area contributed by atoms with Crippen LogP contribution in [0.25, 0.3) is 0 Å². The average molecular weight is 340 g/mol. The van der Waals surface area contributed by atoms with Crippen molar-refractivity contribution in [1.82, 2.24) is 0 Å². The summed E-state index contributed by atoms with van der Waals surface area (Å²) in [5.74, 6) is 0. The summed E-state index contributed by atoms with van der Waals surface area (Å²) < 4.78 is 6.65. The van der Waals surface area contributed by atoms with Crippen molar-refractivity contribution in [3.63, 3.8) is 0 Å². The van der Waals surface area contributed by atoms with E-state index in [1.165, 1.54) is 10.4 Å². The van der Waals surface area contributed by atoms with Crippen molar-refractivity contribution in [3.05, 3.63) is 50.6 Å². The van der Waals surface area contributed by atoms with Crippen LogP contribution in [0, 0.1) is 0 Å². The van der Waals surface area contributed by atoms with Gasteiger partial charge in [-0.2, -0.15) is 0 Å². The molecule has 1 heterocycles. The quantitative estimate of drug-likeness (QED) is 0.778. The molecule has 0 aliphatic heterocycles. The number of anilines is 1. The molecule has 2 aromatic rings. The van der Waals surface area contributed by atoms with Crippen molar-refractivity contribution in [2.24, 2.45) is 0 Å². The summed E-state index contributed by atoms with van der Waals surface area (Å²) in [5, 5.41) is 5.67. The minimum absolute atomic E-state index is 0.291. The van der Waals surface area contributed by atoms with Crippen molar-refractivity contribution in [3.8, 4) is 0 Å². The predicted molar refractivity (Wildman–Crippen MR) is 85.8 cm³/mol. The summed E-state index contributed by atoms with van der Waals surface area (Å²) in [7, 11) is 0. The third-order valence-electron chi connectivity index (χ3n) is 2.87. The summed E-state index contributed by atoms with van der Waals surface area (Å²) in [6.45, 7) is 5.58. The largest absolute Gasteiger partial charge is 0.377 e. The second-order valence-electron chi connectivity index (χ2n) is 4.33. The van der Waals surface area contributed by atoms with Crippen LogP contribution in [-0.4, -0.2) is 6.61 Å². The first-order valence-electron chi connectivity index (χ1n) is 6.36. The number of hydrogen-bond donors (Lipinski definition) is 1. The Morgan fingerprint density at radius 1 is 1.37 bits per heavy atom. The first-order valence-corrected chi connectivity index (χ1v) is 8.04. The van der Waals surface area contributed by atoms with Gasteiger partial charge in [0.2, 0.25) is 0 Å². The van der Waals surface area contributed by atoms with E-state index in [1.807, 2.05) is 13.0 Å². The Bertz CT molecular complexity index is 526. The monoisotopic (exact) mass is 339 g/mol. The highest BCUT2D eigenvalue weighted by molar-refractivity contribution is 9.10. The lowest BCUT2D eigenvalue weighted by atomic mass is 10.1. The smallest absolute Gasteiger partial charge is 0.0736 e. The third-order valence-corrected chi connectivity index (χ3v) is 4.74. The van der Waals surface area contributed by atoms with Crippen molar-refractivity contribution in [1.29, 1.82) is 0 Å². The van der Waals surface area contributed by atoms with Crippen LogP contribution in [-0.2, 0) is 11.3 Å². The Morgan fingerprint density at radius 2 is 2.16 bits per heavy atom. The fourth-order valence-corrected chi connectivity index (χ4v) is 3.31. The first-order chi connectivity index (χ1) is 9.20. The number of nitrogens with one attached hydrogen (secondary N) is 1. The lowest BCUT2D eigenvalue weighted by Gasteiger charge is -2.17. The molecule has 4 heteroatoms. The maximum atomic E-state index is 5.51. The lowest BCUT2D eigenvalue weighted by molar-refractivity contribution is 0.134. The van der Waals surface area contributed by atoms with E-state index >= 15 is 0 Å². The molecule has 19 heavy (non-hydrogen) atoms. The normalized spacial score (nSPS) is 12.4. The topological polar surface area (TPSA) is 21.3 Å². The molecule has 0 bridgehead atoms. The van der Waals surface area contributed by atoms with Crippen molar-refractivity contribution in [2.75, 3.05) is 11.9 Å². The van der Waals surface area contributed by atoms with Crippen molar-refractivity contribution >= 4 is 33.0 Å². The molecule has 0 fully saturated rings. The van der Waals surface area contributed by atoms with E-state index in [4.69, 9.17) is 4.74 Å². The highest BCUT2D eigenvalue weighted by atomic mass is 79.9. The van der Waals surface area contributed by atoms with E-state index in [1.54, 1.807) is 11.3 Å². The van der Waals surface area contributed by atoms with E-state index < -0.39 is 0 Å². The van der Waals surface area contributed by atoms with Crippen LogP contribution >= 0.6 is 27.3 Å². The molecule has 0 radical (unpaired) electrons. The minimum Gasteiger partial charge on any atom is -0.377 e. The Labute approximate surface area is 126 Å². The molecule has 0 aliphatic rings. The van der Waals surface area contributed by atoms with Crippen LogP contribution in [0.3, 0.4) is 0 Å². The summed E-state index contributed by atoms with van der Waals surface area (Å²) in [6.07, 6.45) is 0. The van der Waals surface area contributed by atoms with Crippen molar-refractivity contribution < 1.29 is 4.74 Å². The van der Waals surface area contributed by atoms with E-state index in [-0.39, 0.29) is 0 Å². The average Bonchev–Trinajstić information content (AvgIpc) is 2.84. The van der Waals surface area contributed by atoms with Gasteiger partial charge in [0, 0.05) is 32.6 Å². The molecule has 0 spiro atoms. The zero-order valence-electron chi connectivity index (χ0n) is 11.2. The van der Waals surface area contributed by atoms with Crippen LogP contribution in [0.15, 0.2) is 40.2 Å². The van der Waals surface area contributed by atoms with Crippen LogP contribution in [0.4, 0.5) is 5.69 Å². The van der Waals surface area contributed by atoms with Gasteiger partial charge in [-0.3, -0.25) is 0 Å². The molecule has 2 rings (SSSR count). The van der Waals surface area contributed by atoms with Gasteiger partial charge >= 0.3 is 0 Å². The first kappa shape index (κ1) is 14.6. The van der Waals surface area contributed by atoms with Crippen molar-refractivity contribution in [2.45, 2.75) is 26.5 Å². The molecular formula is C15H18BrNOS. The maximum absolute atomic E-state index is 5.51. The Morgan fingerprint density at radius 3 is 2.84 bits per heavy atom.